The van der Waals surface area contributed by atoms with E-state index in [0.29, 0.717) is 0 Å². The van der Waals surface area contributed by atoms with E-state index < -0.39 is 0 Å². The van der Waals surface area contributed by atoms with Gasteiger partial charge in [0, 0.05) is 6.54 Å². The molecule has 0 saturated heterocycles. The molecule has 0 radical (unpaired) electrons. The molecule has 0 spiro atoms. The average Bonchev–Trinajstić information content (AvgIpc) is 2.35. The third kappa shape index (κ3) is 9.33. The van der Waals surface area contributed by atoms with Crippen LogP contribution in [0.1, 0.15) is 56.6 Å². The summed E-state index contributed by atoms with van der Waals surface area (Å²) in [5, 5.41) is 0. The number of aryl methyl sites for hydroxylation is 1. The van der Waals surface area contributed by atoms with Crippen LogP contribution in [0.2, 0.25) is 0 Å². The Hall–Kier alpha value is -0.223. The van der Waals surface area contributed by atoms with Crippen LogP contribution in [-0.4, -0.2) is 19.0 Å². The smallest absolute Gasteiger partial charge is 0.307 e. The van der Waals surface area contributed by atoms with Gasteiger partial charge in [-0.25, -0.2) is 0 Å². The van der Waals surface area contributed by atoms with Crippen molar-refractivity contribution in [2.45, 2.75) is 58.4 Å². The Morgan fingerprint density at radius 2 is 1.68 bits per heavy atom. The molecule has 0 aliphatic carbocycles. The standard InChI is InChI=1S/C17H28N.Li/c1-4-5-6-7-8-9-10-16-11-13-17(14-12-16)15-18(2)3;/h11-13H,4-10,15H2,1-3H3;/q-1;+1. The van der Waals surface area contributed by atoms with E-state index in [1.165, 1.54) is 56.1 Å². The zero-order valence-corrected chi connectivity index (χ0v) is 13.3. The molecule has 0 bridgehead atoms. The van der Waals surface area contributed by atoms with Crippen LogP contribution in [0, 0.1) is 6.07 Å². The summed E-state index contributed by atoms with van der Waals surface area (Å²) in [4.78, 5) is 2.18. The minimum Gasteiger partial charge on any atom is -0.307 e. The predicted octanol–water partition coefficient (Wildman–Crippen LogP) is 1.46. The molecule has 0 aromatic heterocycles. The predicted molar refractivity (Wildman–Crippen MR) is 79.7 cm³/mol. The molecular weight excluding hydrogens is 225 g/mol. The number of unbranched alkanes of at least 4 members (excludes halogenated alkanes) is 5. The van der Waals surface area contributed by atoms with Crippen molar-refractivity contribution in [3.05, 3.63) is 35.4 Å². The molecule has 1 aromatic carbocycles. The van der Waals surface area contributed by atoms with Gasteiger partial charge in [-0.15, -0.1) is 5.56 Å². The van der Waals surface area contributed by atoms with Gasteiger partial charge in [-0.2, -0.15) is 29.8 Å². The van der Waals surface area contributed by atoms with Crippen LogP contribution < -0.4 is 18.9 Å². The normalized spacial score (nSPS) is 10.5. The molecule has 0 atom stereocenters. The van der Waals surface area contributed by atoms with E-state index >= 15 is 0 Å². The average molecular weight is 253 g/mol. The van der Waals surface area contributed by atoms with Gasteiger partial charge in [-0.05, 0) is 14.1 Å². The SMILES string of the molecule is CCCCCCCCc1c[c-]c(CN(C)C)cc1.[Li+]. The van der Waals surface area contributed by atoms with Crippen LogP contribution in [-0.2, 0) is 13.0 Å². The Balaban J connectivity index is 0.00000324. The Morgan fingerprint density at radius 3 is 2.26 bits per heavy atom. The first-order valence-corrected chi connectivity index (χ1v) is 7.36. The summed E-state index contributed by atoms with van der Waals surface area (Å²) < 4.78 is 0. The molecule has 0 heterocycles. The molecule has 0 aliphatic heterocycles. The number of hydrogen-bond acceptors (Lipinski definition) is 1. The fourth-order valence-electron chi connectivity index (χ4n) is 2.19. The molecule has 2 heteroatoms. The molecule has 1 nitrogen and oxygen atoms in total. The van der Waals surface area contributed by atoms with Crippen molar-refractivity contribution >= 4 is 0 Å². The van der Waals surface area contributed by atoms with Crippen molar-refractivity contribution in [2.24, 2.45) is 0 Å². The third-order valence-corrected chi connectivity index (χ3v) is 3.25. The Kier molecular flexibility index (Phi) is 11.5. The molecule has 102 valence electrons. The van der Waals surface area contributed by atoms with Crippen molar-refractivity contribution in [1.82, 2.24) is 4.90 Å². The van der Waals surface area contributed by atoms with Crippen LogP contribution >= 0.6 is 0 Å². The monoisotopic (exact) mass is 253 g/mol. The number of rotatable bonds is 9. The summed E-state index contributed by atoms with van der Waals surface area (Å²) >= 11 is 0. The van der Waals surface area contributed by atoms with Gasteiger partial charge in [0.25, 0.3) is 0 Å². The minimum absolute atomic E-state index is 0. The number of nitrogens with zero attached hydrogens (tertiary/aromatic N) is 1. The second-order valence-electron chi connectivity index (χ2n) is 5.48. The Morgan fingerprint density at radius 1 is 1.00 bits per heavy atom. The van der Waals surface area contributed by atoms with Crippen molar-refractivity contribution in [3.8, 4) is 0 Å². The summed E-state index contributed by atoms with van der Waals surface area (Å²) in [7, 11) is 4.19. The summed E-state index contributed by atoms with van der Waals surface area (Å²) in [6.45, 7) is 3.25. The maximum absolute atomic E-state index is 3.39. The van der Waals surface area contributed by atoms with Crippen LogP contribution in [0.15, 0.2) is 18.2 Å². The first kappa shape index (κ1) is 18.8. The van der Waals surface area contributed by atoms with E-state index in [0.717, 1.165) is 6.54 Å². The number of hydrogen-bond donors (Lipinski definition) is 0. The molecule has 19 heavy (non-hydrogen) atoms. The van der Waals surface area contributed by atoms with Crippen molar-refractivity contribution in [1.29, 1.82) is 0 Å². The zero-order chi connectivity index (χ0) is 13.2. The fourth-order valence-corrected chi connectivity index (χ4v) is 2.19. The third-order valence-electron chi connectivity index (χ3n) is 3.25. The van der Waals surface area contributed by atoms with Gasteiger partial charge >= 0.3 is 18.9 Å². The van der Waals surface area contributed by atoms with Crippen LogP contribution in [0.3, 0.4) is 0 Å². The topological polar surface area (TPSA) is 3.24 Å². The first-order valence-electron chi connectivity index (χ1n) is 7.36. The largest absolute Gasteiger partial charge is 1.00 e. The van der Waals surface area contributed by atoms with Crippen LogP contribution in [0.25, 0.3) is 0 Å². The van der Waals surface area contributed by atoms with E-state index in [-0.39, 0.29) is 18.9 Å². The summed E-state index contributed by atoms with van der Waals surface area (Å²) in [5.41, 5.74) is 2.72. The Labute approximate surface area is 132 Å². The van der Waals surface area contributed by atoms with E-state index in [9.17, 15) is 0 Å². The van der Waals surface area contributed by atoms with Crippen LogP contribution in [0.5, 0.6) is 0 Å². The maximum Gasteiger partial charge on any atom is 1.00 e. The quantitative estimate of drug-likeness (QED) is 0.366. The van der Waals surface area contributed by atoms with Crippen molar-refractivity contribution in [3.63, 3.8) is 0 Å². The Bertz CT molecular complexity index is 306. The summed E-state index contributed by atoms with van der Waals surface area (Å²) in [5.74, 6) is 0. The summed E-state index contributed by atoms with van der Waals surface area (Å²) in [6.07, 6.45) is 9.45. The van der Waals surface area contributed by atoms with Gasteiger partial charge < -0.3 is 4.90 Å². The van der Waals surface area contributed by atoms with Gasteiger partial charge in [0.05, 0.1) is 0 Å². The first-order chi connectivity index (χ1) is 8.72. The molecule has 0 saturated carbocycles. The maximum atomic E-state index is 3.39. The van der Waals surface area contributed by atoms with Crippen molar-refractivity contribution in [2.75, 3.05) is 14.1 Å². The fraction of sp³-hybridized carbons (Fsp3) is 0.647. The molecule has 1 aromatic rings. The minimum atomic E-state index is 0. The van der Waals surface area contributed by atoms with Crippen molar-refractivity contribution < 1.29 is 18.9 Å². The van der Waals surface area contributed by atoms with E-state index in [4.69, 9.17) is 0 Å². The molecular formula is C17H28LiN. The second-order valence-corrected chi connectivity index (χ2v) is 5.48. The molecule has 1 rings (SSSR count). The molecule has 0 fully saturated rings. The number of benzene rings is 1. The van der Waals surface area contributed by atoms with E-state index in [1.54, 1.807) is 0 Å². The van der Waals surface area contributed by atoms with Gasteiger partial charge in [-0.3, -0.25) is 0 Å². The molecule has 0 unspecified atom stereocenters. The van der Waals surface area contributed by atoms with Gasteiger partial charge in [-0.1, -0.05) is 51.9 Å². The molecule has 0 N–H and O–H groups in total. The second kappa shape index (κ2) is 11.6. The van der Waals surface area contributed by atoms with Crippen LogP contribution in [0.4, 0.5) is 0 Å². The van der Waals surface area contributed by atoms with Gasteiger partial charge in [0.2, 0.25) is 0 Å². The van der Waals surface area contributed by atoms with E-state index in [1.807, 2.05) is 0 Å². The molecule has 0 amide bonds. The summed E-state index contributed by atoms with van der Waals surface area (Å²) in [6, 6.07) is 10.0. The molecule has 0 aliphatic rings. The van der Waals surface area contributed by atoms with Gasteiger partial charge in [0.1, 0.15) is 0 Å². The van der Waals surface area contributed by atoms with E-state index in [2.05, 4.69) is 50.2 Å². The zero-order valence-electron chi connectivity index (χ0n) is 13.3. The van der Waals surface area contributed by atoms with Gasteiger partial charge in [0.15, 0.2) is 0 Å².